The number of pyridine rings is 6. The van der Waals surface area contributed by atoms with Crippen LogP contribution >= 0.6 is 47.3 Å². The van der Waals surface area contributed by atoms with E-state index in [4.69, 9.17) is 62.9 Å². The van der Waals surface area contributed by atoms with Gasteiger partial charge in [-0.05, 0) is 144 Å². The molecule has 11 rings (SSSR count). The first kappa shape index (κ1) is 70.7. The Bertz CT molecular complexity index is 4360. The average Bonchev–Trinajstić information content (AvgIpc) is 1.68. The van der Waals surface area contributed by atoms with E-state index in [0.29, 0.717) is 68.0 Å². The van der Waals surface area contributed by atoms with Gasteiger partial charge in [0.2, 0.25) is 17.6 Å². The molecule has 0 saturated carbocycles. The van der Waals surface area contributed by atoms with Crippen molar-refractivity contribution in [3.8, 4) is 51.4 Å². The second-order valence-corrected chi connectivity index (χ2v) is 25.9. The molecule has 0 atom stereocenters. The van der Waals surface area contributed by atoms with Crippen LogP contribution in [0.25, 0.3) is 66.9 Å². The van der Waals surface area contributed by atoms with Gasteiger partial charge in [0.1, 0.15) is 27.6 Å². The predicted octanol–water partition coefficient (Wildman–Crippen LogP) is 15.9. The van der Waals surface area contributed by atoms with Gasteiger partial charge < -0.3 is 23.9 Å². The van der Waals surface area contributed by atoms with Crippen LogP contribution in [0.1, 0.15) is 129 Å². The zero-order chi connectivity index (χ0) is 67.0. The fourth-order valence-corrected chi connectivity index (χ4v) is 12.4. The summed E-state index contributed by atoms with van der Waals surface area (Å²) in [5.41, 5.74) is 15.9. The molecule has 0 saturated heterocycles. The van der Waals surface area contributed by atoms with E-state index in [1.54, 1.807) is 53.0 Å². The Morgan fingerprint density at radius 3 is 1.51 bits per heavy atom. The topological polar surface area (TPSA) is 223 Å². The number of aromatic nitrogens is 16. The minimum Gasteiger partial charge on any atom is -0.477 e. The fourth-order valence-electron chi connectivity index (χ4n) is 9.91. The Hall–Kier alpha value is -8.19. The summed E-state index contributed by atoms with van der Waals surface area (Å²) in [5, 5.41) is 22.3. The minimum atomic E-state index is -0.170. The van der Waals surface area contributed by atoms with Gasteiger partial charge >= 0.3 is 5.97 Å². The number of H-pyrrole nitrogens is 1. The smallest absolute Gasteiger partial charge is 0.306 e. The number of nitrogens with one attached hydrogen (secondary N) is 1. The second kappa shape index (κ2) is 33.1. The van der Waals surface area contributed by atoms with E-state index in [1.807, 2.05) is 151 Å². The van der Waals surface area contributed by atoms with Crippen molar-refractivity contribution in [2.75, 3.05) is 32.2 Å². The summed E-state index contributed by atoms with van der Waals surface area (Å²) in [6.45, 7) is 30.7. The highest BCUT2D eigenvalue weighted by Crippen LogP contribution is 2.39. The van der Waals surface area contributed by atoms with Crippen molar-refractivity contribution in [3.63, 3.8) is 0 Å². The summed E-state index contributed by atoms with van der Waals surface area (Å²) in [6.07, 6.45) is 13.1. The number of hydrogen-bond acceptors (Lipinski definition) is 18. The molecule has 11 aromatic heterocycles. The molecule has 93 heavy (non-hydrogen) atoms. The highest BCUT2D eigenvalue weighted by Gasteiger charge is 2.23. The van der Waals surface area contributed by atoms with Crippen LogP contribution in [0.2, 0.25) is 0 Å². The maximum Gasteiger partial charge on any atom is 0.306 e. The van der Waals surface area contributed by atoms with Gasteiger partial charge in [0.15, 0.2) is 0 Å². The number of esters is 1. The zero-order valence-electron chi connectivity index (χ0n) is 56.1. The fraction of sp³-hybridized carbons (Fsp3) is 0.412. The maximum atomic E-state index is 12.1. The van der Waals surface area contributed by atoms with Crippen LogP contribution in [0.3, 0.4) is 0 Å². The molecule has 21 nitrogen and oxygen atoms in total. The Morgan fingerprint density at radius 2 is 1.06 bits per heavy atom. The second-order valence-electron chi connectivity index (χ2n) is 23.1. The third-order valence-electron chi connectivity index (χ3n) is 14.1. The monoisotopic (exact) mass is 1340 g/mol. The molecule has 0 unspecified atom stereocenters. The van der Waals surface area contributed by atoms with Gasteiger partial charge in [0, 0.05) is 95.6 Å². The van der Waals surface area contributed by atoms with Crippen LogP contribution in [0.5, 0.6) is 17.6 Å². The molecular formula is C68H85ClN16O5S3. The van der Waals surface area contributed by atoms with Crippen LogP contribution in [0.15, 0.2) is 108 Å². The number of carbonyl (C=O) groups is 1. The molecule has 0 aromatic carbocycles. The van der Waals surface area contributed by atoms with Crippen molar-refractivity contribution >= 4 is 86.4 Å². The van der Waals surface area contributed by atoms with E-state index in [0.717, 1.165) is 110 Å². The number of nitrogens with zero attached hydrogens (tertiary/aromatic N) is 15. The molecule has 0 amide bonds. The molecule has 0 aliphatic rings. The zero-order valence-corrected chi connectivity index (χ0v) is 59.3. The Balaban J connectivity index is 0.000000170. The van der Waals surface area contributed by atoms with Gasteiger partial charge in [0.05, 0.1) is 112 Å². The average molecular weight is 1340 g/mol. The lowest BCUT2D eigenvalue weighted by molar-refractivity contribution is -0.144. The predicted molar refractivity (Wildman–Crippen MR) is 375 cm³/mol. The van der Waals surface area contributed by atoms with Crippen molar-refractivity contribution in [1.82, 2.24) is 78.8 Å². The molecule has 0 spiro atoms. The van der Waals surface area contributed by atoms with Gasteiger partial charge in [-0.3, -0.25) is 28.2 Å². The largest absolute Gasteiger partial charge is 0.477 e. The number of fused-ring (bicyclic) bond motifs is 3. The molecule has 25 heteroatoms. The van der Waals surface area contributed by atoms with E-state index in [-0.39, 0.29) is 24.1 Å². The van der Waals surface area contributed by atoms with Crippen LogP contribution in [0.4, 0.5) is 0 Å². The summed E-state index contributed by atoms with van der Waals surface area (Å²) < 4.78 is 32.8. The number of carbonyl (C=O) groups excluding carboxylic acids is 1. The molecule has 0 aliphatic carbocycles. The number of aromatic amines is 1. The van der Waals surface area contributed by atoms with E-state index in [2.05, 4.69) is 87.5 Å². The highest BCUT2D eigenvalue weighted by atomic mass is 35.5. The SMILES string of the molecule is CCOc1ncccc1-c1cc(=S)c2c([nH]1)c(C)nn2C(C)C.CCOc1ncccc1-c1cc(SCCC(=O)OCC(C)C)c2c(n1)c(C)nn2C(C)C.CCOc1ncccc1-c1cc(SCc2cnn(C)c2)c2c(n1)c(C)nn2C(C)C.Cn1cc(CCl)cn1. The van der Waals surface area contributed by atoms with Gasteiger partial charge in [-0.15, -0.1) is 35.1 Å². The van der Waals surface area contributed by atoms with Crippen molar-refractivity contribution in [2.45, 2.75) is 143 Å². The Morgan fingerprint density at radius 1 is 0.613 bits per heavy atom. The molecular weight excluding hydrogens is 1250 g/mol. The lowest BCUT2D eigenvalue weighted by Crippen LogP contribution is -2.10. The van der Waals surface area contributed by atoms with Crippen molar-refractivity contribution in [1.29, 1.82) is 0 Å². The standard InChI is InChI=1S/C24H32N4O3S.C22H26N6OS.C17H20N4OS.C5H7ClN2/c1-7-30-24-18(9-8-11-25-24)19-13-20(32-12-10-21(29)31-14-15(2)3)23-22(26-19)17(6)27-28(23)16(4)5;1-6-29-22-17(8-7-9-23-22)18-10-19(30-13-16-11-24-27(5)12-16)21-20(25-18)15(4)26-28(21)14(2)3;1-5-22-17-12(7-6-8-18-17)13-9-14(23)16-15(19-13)11(4)20-21(16)10(2)3;1-8-4-5(2-6)3-7-8/h8-9,11,13,15-16H,7,10,12,14H2,1-6H3;7-12,14H,6,13H2,1-5H3;6-10H,5H2,1-4H3,(H,19,23);3-4H,2H2,1H3. The maximum absolute atomic E-state index is 12.1. The number of thioether (sulfide) groups is 2. The third-order valence-corrected chi connectivity index (χ3v) is 16.9. The summed E-state index contributed by atoms with van der Waals surface area (Å²) in [4.78, 5) is 40.7. The quantitative estimate of drug-likeness (QED) is 0.0288. The van der Waals surface area contributed by atoms with Gasteiger partial charge in [-0.25, -0.2) is 24.9 Å². The number of aryl methyl sites for hydroxylation is 5. The van der Waals surface area contributed by atoms with Gasteiger partial charge in [-0.2, -0.15) is 25.5 Å². The summed E-state index contributed by atoms with van der Waals surface area (Å²) in [7, 11) is 3.81. The number of halogens is 1. The van der Waals surface area contributed by atoms with E-state index >= 15 is 0 Å². The van der Waals surface area contributed by atoms with Crippen molar-refractivity contribution in [2.24, 2.45) is 20.0 Å². The molecule has 11 aromatic rings. The normalized spacial score (nSPS) is 11.3. The number of hydrogen-bond donors (Lipinski definition) is 1. The number of rotatable bonds is 22. The molecule has 0 radical (unpaired) electrons. The number of alkyl halides is 1. The summed E-state index contributed by atoms with van der Waals surface area (Å²) in [5.74, 6) is 3.91. The first-order valence-corrected chi connectivity index (χ1v) is 34.1. The minimum absolute atomic E-state index is 0.170. The Labute approximate surface area is 562 Å². The molecule has 11 heterocycles. The lowest BCUT2D eigenvalue weighted by atomic mass is 10.1. The summed E-state index contributed by atoms with van der Waals surface area (Å²) >= 11 is 14.5. The van der Waals surface area contributed by atoms with Crippen LogP contribution in [0, 0.1) is 31.2 Å². The first-order chi connectivity index (χ1) is 44.6. The lowest BCUT2D eigenvalue weighted by Gasteiger charge is -2.13. The molecule has 0 aliphatic heterocycles. The Kier molecular flexibility index (Phi) is 25.1. The molecule has 0 bridgehead atoms. The third kappa shape index (κ3) is 17.7. The summed E-state index contributed by atoms with van der Waals surface area (Å²) in [6, 6.07) is 18.4. The van der Waals surface area contributed by atoms with Crippen molar-refractivity contribution in [3.05, 3.63) is 131 Å². The molecule has 492 valence electrons. The van der Waals surface area contributed by atoms with Crippen molar-refractivity contribution < 1.29 is 23.7 Å². The first-order valence-electron chi connectivity index (χ1n) is 31.2. The highest BCUT2D eigenvalue weighted by molar-refractivity contribution is 7.99. The molecule has 1 N–H and O–H groups in total. The van der Waals surface area contributed by atoms with Gasteiger partial charge in [0.25, 0.3) is 0 Å². The van der Waals surface area contributed by atoms with E-state index < -0.39 is 0 Å². The molecule has 0 fully saturated rings. The van der Waals surface area contributed by atoms with Crippen LogP contribution in [-0.2, 0) is 35.3 Å². The van der Waals surface area contributed by atoms with Crippen LogP contribution < -0.4 is 14.2 Å². The van der Waals surface area contributed by atoms with E-state index in [1.165, 1.54) is 5.56 Å². The van der Waals surface area contributed by atoms with Crippen LogP contribution in [-0.4, -0.2) is 117 Å². The van der Waals surface area contributed by atoms with Gasteiger partial charge in [-0.1, -0.05) is 26.1 Å². The van der Waals surface area contributed by atoms with E-state index in [9.17, 15) is 4.79 Å². The number of ether oxygens (including phenoxy) is 4.